The predicted molar refractivity (Wildman–Crippen MR) is 74.8 cm³/mol. The van der Waals surface area contributed by atoms with Crippen molar-refractivity contribution in [3.63, 3.8) is 0 Å². The molecule has 0 aliphatic carbocycles. The Kier molecular flexibility index (Phi) is 3.35. The molecule has 1 heterocycles. The molecule has 0 aliphatic rings. The molecule has 1 aromatic heterocycles. The van der Waals surface area contributed by atoms with Crippen LogP contribution in [0.15, 0.2) is 42.5 Å². The van der Waals surface area contributed by atoms with E-state index in [-0.39, 0.29) is 5.82 Å². The minimum absolute atomic E-state index is 0.314. The van der Waals surface area contributed by atoms with E-state index in [0.717, 1.165) is 0 Å². The second kappa shape index (κ2) is 5.32. The molecule has 3 aromatic rings. The van der Waals surface area contributed by atoms with Crippen LogP contribution in [-0.2, 0) is 4.74 Å². The molecule has 0 atom stereocenters. The number of fused-ring (bicyclic) bond motifs is 1. The zero-order valence-corrected chi connectivity index (χ0v) is 11.3. The Morgan fingerprint density at radius 3 is 2.95 bits per heavy atom. The molecule has 0 spiro atoms. The second-order valence-electron chi connectivity index (χ2n) is 4.41. The van der Waals surface area contributed by atoms with Gasteiger partial charge in [-0.1, -0.05) is 11.3 Å². The minimum atomic E-state index is -0.394. The standard InChI is InChI=1S/C15H12FN3O2/c1-2-21-15(20)10-4-3-5-12(8-10)19-14-7-6-11(16)9-13(14)17-18-19/h3-9H,2H2,1H3. The van der Waals surface area contributed by atoms with Gasteiger partial charge in [-0.05, 0) is 37.3 Å². The average molecular weight is 285 g/mol. The summed E-state index contributed by atoms with van der Waals surface area (Å²) in [5, 5.41) is 7.92. The van der Waals surface area contributed by atoms with Gasteiger partial charge in [0, 0.05) is 6.07 Å². The highest BCUT2D eigenvalue weighted by Gasteiger charge is 2.11. The zero-order valence-electron chi connectivity index (χ0n) is 11.3. The fourth-order valence-electron chi connectivity index (χ4n) is 2.07. The number of rotatable bonds is 3. The van der Waals surface area contributed by atoms with Gasteiger partial charge in [0.2, 0.25) is 0 Å². The Balaban J connectivity index is 2.06. The highest BCUT2D eigenvalue weighted by atomic mass is 19.1. The molecular formula is C15H12FN3O2. The van der Waals surface area contributed by atoms with Crippen molar-refractivity contribution < 1.29 is 13.9 Å². The number of nitrogens with zero attached hydrogens (tertiary/aromatic N) is 3. The first-order valence-electron chi connectivity index (χ1n) is 6.47. The van der Waals surface area contributed by atoms with Crippen LogP contribution in [0.5, 0.6) is 0 Å². The van der Waals surface area contributed by atoms with Crippen molar-refractivity contribution in [3.8, 4) is 5.69 Å². The molecule has 0 amide bonds. The molecule has 0 saturated heterocycles. The highest BCUT2D eigenvalue weighted by Crippen LogP contribution is 2.18. The third kappa shape index (κ3) is 2.47. The van der Waals surface area contributed by atoms with E-state index in [4.69, 9.17) is 4.74 Å². The van der Waals surface area contributed by atoms with Gasteiger partial charge in [0.25, 0.3) is 0 Å². The molecule has 0 radical (unpaired) electrons. The first-order chi connectivity index (χ1) is 10.2. The Hall–Kier alpha value is -2.76. The number of hydrogen-bond donors (Lipinski definition) is 0. The van der Waals surface area contributed by atoms with Crippen LogP contribution in [0.25, 0.3) is 16.7 Å². The fourth-order valence-corrected chi connectivity index (χ4v) is 2.07. The molecule has 3 rings (SSSR count). The first-order valence-corrected chi connectivity index (χ1v) is 6.47. The van der Waals surface area contributed by atoms with Gasteiger partial charge in [0.15, 0.2) is 0 Å². The number of halogens is 1. The van der Waals surface area contributed by atoms with Gasteiger partial charge >= 0.3 is 5.97 Å². The summed E-state index contributed by atoms with van der Waals surface area (Å²) in [5.41, 5.74) is 2.21. The number of ether oxygens (including phenoxy) is 1. The maximum atomic E-state index is 13.2. The third-order valence-corrected chi connectivity index (χ3v) is 3.01. The Labute approximate surface area is 120 Å². The van der Waals surface area contributed by atoms with Crippen molar-refractivity contribution in [1.82, 2.24) is 15.0 Å². The summed E-state index contributed by atoms with van der Waals surface area (Å²) in [4.78, 5) is 11.8. The topological polar surface area (TPSA) is 57.0 Å². The van der Waals surface area contributed by atoms with Gasteiger partial charge < -0.3 is 4.74 Å². The molecule has 6 heteroatoms. The van der Waals surface area contributed by atoms with E-state index in [1.54, 1.807) is 41.9 Å². The van der Waals surface area contributed by atoms with E-state index < -0.39 is 5.97 Å². The van der Waals surface area contributed by atoms with Gasteiger partial charge in [-0.15, -0.1) is 5.10 Å². The van der Waals surface area contributed by atoms with Crippen molar-refractivity contribution in [3.05, 3.63) is 53.8 Å². The smallest absolute Gasteiger partial charge is 0.338 e. The van der Waals surface area contributed by atoms with Gasteiger partial charge in [0.05, 0.1) is 23.4 Å². The Bertz CT molecular complexity index is 814. The summed E-state index contributed by atoms with van der Waals surface area (Å²) in [6, 6.07) is 11.1. The molecular weight excluding hydrogens is 273 g/mol. The molecule has 5 nitrogen and oxygen atoms in total. The van der Waals surface area contributed by atoms with Gasteiger partial charge in [0.1, 0.15) is 11.3 Å². The quantitative estimate of drug-likeness (QED) is 0.694. The van der Waals surface area contributed by atoms with Crippen molar-refractivity contribution >= 4 is 17.0 Å². The first kappa shape index (κ1) is 13.2. The number of esters is 1. The molecule has 0 saturated carbocycles. The number of hydrogen-bond acceptors (Lipinski definition) is 4. The lowest BCUT2D eigenvalue weighted by atomic mass is 10.2. The fraction of sp³-hybridized carbons (Fsp3) is 0.133. The summed E-state index contributed by atoms with van der Waals surface area (Å²) in [7, 11) is 0. The maximum absolute atomic E-state index is 13.2. The lowest BCUT2D eigenvalue weighted by molar-refractivity contribution is 0.0526. The highest BCUT2D eigenvalue weighted by molar-refractivity contribution is 5.90. The lowest BCUT2D eigenvalue weighted by Crippen LogP contribution is -2.06. The Morgan fingerprint density at radius 1 is 1.29 bits per heavy atom. The number of aromatic nitrogens is 3. The van der Waals surface area contributed by atoms with Crippen LogP contribution in [0.1, 0.15) is 17.3 Å². The van der Waals surface area contributed by atoms with Crippen molar-refractivity contribution in [2.45, 2.75) is 6.92 Å². The molecule has 0 aliphatic heterocycles. The van der Waals surface area contributed by atoms with Crippen LogP contribution < -0.4 is 0 Å². The van der Waals surface area contributed by atoms with E-state index in [0.29, 0.717) is 28.9 Å². The summed E-state index contributed by atoms with van der Waals surface area (Å²) < 4.78 is 19.7. The van der Waals surface area contributed by atoms with Crippen LogP contribution in [0.2, 0.25) is 0 Å². The third-order valence-electron chi connectivity index (χ3n) is 3.01. The second-order valence-corrected chi connectivity index (χ2v) is 4.41. The predicted octanol–water partition coefficient (Wildman–Crippen LogP) is 2.74. The van der Waals surface area contributed by atoms with Crippen LogP contribution in [-0.4, -0.2) is 27.6 Å². The van der Waals surface area contributed by atoms with Gasteiger partial charge in [-0.3, -0.25) is 0 Å². The molecule has 0 N–H and O–H groups in total. The normalized spacial score (nSPS) is 10.8. The van der Waals surface area contributed by atoms with Gasteiger partial charge in [-0.2, -0.15) is 0 Å². The SMILES string of the molecule is CCOC(=O)c1cccc(-n2nnc3cc(F)ccc32)c1. The summed E-state index contributed by atoms with van der Waals surface area (Å²) in [6.45, 7) is 2.07. The molecule has 21 heavy (non-hydrogen) atoms. The van der Waals surface area contributed by atoms with Crippen LogP contribution in [0, 0.1) is 5.82 Å². The van der Waals surface area contributed by atoms with Crippen LogP contribution >= 0.6 is 0 Å². The summed E-state index contributed by atoms with van der Waals surface area (Å²) in [6.07, 6.45) is 0. The number of benzene rings is 2. The van der Waals surface area contributed by atoms with E-state index in [1.165, 1.54) is 12.1 Å². The van der Waals surface area contributed by atoms with Gasteiger partial charge in [-0.25, -0.2) is 13.9 Å². The van der Waals surface area contributed by atoms with Crippen molar-refractivity contribution in [2.75, 3.05) is 6.61 Å². The average Bonchev–Trinajstić information content (AvgIpc) is 2.90. The van der Waals surface area contributed by atoms with E-state index >= 15 is 0 Å². The maximum Gasteiger partial charge on any atom is 0.338 e. The minimum Gasteiger partial charge on any atom is -0.462 e. The van der Waals surface area contributed by atoms with E-state index in [9.17, 15) is 9.18 Å². The van der Waals surface area contributed by atoms with E-state index in [2.05, 4.69) is 10.3 Å². The number of carbonyl (C=O) groups excluding carboxylic acids is 1. The van der Waals surface area contributed by atoms with E-state index in [1.807, 2.05) is 0 Å². The molecule has 106 valence electrons. The number of carbonyl (C=O) groups is 1. The molecule has 2 aromatic carbocycles. The zero-order chi connectivity index (χ0) is 14.8. The van der Waals surface area contributed by atoms with Crippen LogP contribution in [0.4, 0.5) is 4.39 Å². The van der Waals surface area contributed by atoms with Crippen LogP contribution in [0.3, 0.4) is 0 Å². The summed E-state index contributed by atoms with van der Waals surface area (Å²) >= 11 is 0. The molecule has 0 bridgehead atoms. The molecule has 0 fully saturated rings. The summed E-state index contributed by atoms with van der Waals surface area (Å²) in [5.74, 6) is -0.760. The lowest BCUT2D eigenvalue weighted by Gasteiger charge is -2.05. The molecule has 0 unspecified atom stereocenters. The van der Waals surface area contributed by atoms with Crippen molar-refractivity contribution in [1.29, 1.82) is 0 Å². The monoisotopic (exact) mass is 285 g/mol. The Morgan fingerprint density at radius 2 is 2.14 bits per heavy atom. The van der Waals surface area contributed by atoms with Crippen molar-refractivity contribution in [2.24, 2.45) is 0 Å². The largest absolute Gasteiger partial charge is 0.462 e.